The zero-order valence-corrected chi connectivity index (χ0v) is 11.2. The lowest BCUT2D eigenvalue weighted by molar-refractivity contribution is -0.144. The largest absolute Gasteiger partial charge is 0.481 e. The molecule has 1 aliphatic carbocycles. The van der Waals surface area contributed by atoms with Gasteiger partial charge in [-0.15, -0.1) is 0 Å². The lowest BCUT2D eigenvalue weighted by Crippen LogP contribution is -2.27. The highest BCUT2D eigenvalue weighted by atomic mass is 16.4. The molecule has 1 aromatic rings. The molecule has 1 amide bonds. The highest BCUT2D eigenvalue weighted by molar-refractivity contribution is 6.04. The molecule has 0 aromatic carbocycles. The summed E-state index contributed by atoms with van der Waals surface area (Å²) in [5.41, 5.74) is 1.49. The summed E-state index contributed by atoms with van der Waals surface area (Å²) in [6, 6.07) is 0.405. The highest BCUT2D eigenvalue weighted by Gasteiger charge is 2.24. The number of carboxylic acids is 1. The summed E-state index contributed by atoms with van der Waals surface area (Å²) in [5.74, 6) is -2.70. The average molecular weight is 265 g/mol. The fraction of sp³-hybridized carbons (Fsp3) is 0.615. The molecule has 0 aliphatic heterocycles. The Kier molecular flexibility index (Phi) is 3.87. The Labute approximate surface area is 111 Å². The van der Waals surface area contributed by atoms with Gasteiger partial charge in [-0.1, -0.05) is 12.8 Å². The van der Waals surface area contributed by atoms with E-state index in [0.717, 1.165) is 18.5 Å². The van der Waals surface area contributed by atoms with Gasteiger partial charge >= 0.3 is 5.97 Å². The average Bonchev–Trinajstić information content (AvgIpc) is 2.99. The Balaban J connectivity index is 2.09. The first-order chi connectivity index (χ1) is 9.00. The number of hydrogen-bond donors (Lipinski definition) is 2. The SMILES string of the molecule is Cc1c(NC(=O)C(C)C(=O)O)cnn1C1CCCC1. The van der Waals surface area contributed by atoms with Gasteiger partial charge in [0.05, 0.1) is 23.6 Å². The molecule has 1 saturated carbocycles. The Bertz CT molecular complexity index is 489. The van der Waals surface area contributed by atoms with Crippen LogP contribution in [0.25, 0.3) is 0 Å². The van der Waals surface area contributed by atoms with Crippen molar-refractivity contribution in [3.8, 4) is 0 Å². The van der Waals surface area contributed by atoms with Crippen LogP contribution in [0, 0.1) is 12.8 Å². The molecule has 6 nitrogen and oxygen atoms in total. The van der Waals surface area contributed by atoms with Crippen molar-refractivity contribution < 1.29 is 14.7 Å². The van der Waals surface area contributed by atoms with E-state index in [1.165, 1.54) is 19.8 Å². The van der Waals surface area contributed by atoms with Crippen LogP contribution in [0.15, 0.2) is 6.20 Å². The van der Waals surface area contributed by atoms with Crippen molar-refractivity contribution in [3.05, 3.63) is 11.9 Å². The monoisotopic (exact) mass is 265 g/mol. The molecule has 0 bridgehead atoms. The number of carbonyl (C=O) groups is 2. The van der Waals surface area contributed by atoms with Crippen LogP contribution in [0.3, 0.4) is 0 Å². The number of hydrogen-bond acceptors (Lipinski definition) is 3. The van der Waals surface area contributed by atoms with Crippen LogP contribution in [-0.2, 0) is 9.59 Å². The fourth-order valence-electron chi connectivity index (χ4n) is 2.42. The predicted octanol–water partition coefficient (Wildman–Crippen LogP) is 1.97. The van der Waals surface area contributed by atoms with Crippen molar-refractivity contribution in [2.75, 3.05) is 5.32 Å². The van der Waals surface area contributed by atoms with Crippen molar-refractivity contribution in [1.82, 2.24) is 9.78 Å². The Morgan fingerprint density at radius 2 is 2.11 bits per heavy atom. The van der Waals surface area contributed by atoms with E-state index < -0.39 is 17.8 Å². The number of rotatable bonds is 4. The number of aromatic nitrogens is 2. The van der Waals surface area contributed by atoms with Crippen LogP contribution in [-0.4, -0.2) is 26.8 Å². The summed E-state index contributed by atoms with van der Waals surface area (Å²) in [5, 5.41) is 15.7. The first kappa shape index (κ1) is 13.6. The first-order valence-corrected chi connectivity index (χ1v) is 6.58. The smallest absolute Gasteiger partial charge is 0.315 e. The standard InChI is InChI=1S/C13H19N3O3/c1-8(13(18)19)12(17)15-11-7-14-16(9(11)2)10-5-3-4-6-10/h7-8,10H,3-6H2,1-2H3,(H,15,17)(H,18,19). The van der Waals surface area contributed by atoms with E-state index in [1.807, 2.05) is 11.6 Å². The summed E-state index contributed by atoms with van der Waals surface area (Å²) >= 11 is 0. The van der Waals surface area contributed by atoms with E-state index >= 15 is 0 Å². The zero-order chi connectivity index (χ0) is 14.0. The molecule has 1 aliphatic rings. The quantitative estimate of drug-likeness (QED) is 0.815. The number of aliphatic carboxylic acids is 1. The second-order valence-corrected chi connectivity index (χ2v) is 5.08. The molecular formula is C13H19N3O3. The molecule has 104 valence electrons. The van der Waals surface area contributed by atoms with E-state index in [2.05, 4.69) is 10.4 Å². The number of carboxylic acid groups (broad SMARTS) is 1. The Morgan fingerprint density at radius 3 is 2.68 bits per heavy atom. The molecule has 19 heavy (non-hydrogen) atoms. The van der Waals surface area contributed by atoms with Gasteiger partial charge in [-0.2, -0.15) is 5.10 Å². The van der Waals surface area contributed by atoms with Crippen molar-refractivity contribution in [2.24, 2.45) is 5.92 Å². The van der Waals surface area contributed by atoms with E-state index in [-0.39, 0.29) is 0 Å². The molecule has 2 rings (SSSR count). The number of carbonyl (C=O) groups excluding carboxylic acids is 1. The van der Waals surface area contributed by atoms with E-state index in [1.54, 1.807) is 6.20 Å². The number of nitrogens with zero attached hydrogens (tertiary/aromatic N) is 2. The second-order valence-electron chi connectivity index (χ2n) is 5.08. The van der Waals surface area contributed by atoms with Crippen LogP contribution in [0.2, 0.25) is 0 Å². The van der Waals surface area contributed by atoms with Crippen molar-refractivity contribution in [2.45, 2.75) is 45.6 Å². The third-order valence-corrected chi connectivity index (χ3v) is 3.74. The van der Waals surface area contributed by atoms with Gasteiger partial charge in [-0.3, -0.25) is 14.3 Å². The lowest BCUT2D eigenvalue weighted by atomic mass is 10.1. The van der Waals surface area contributed by atoms with Crippen molar-refractivity contribution >= 4 is 17.6 Å². The van der Waals surface area contributed by atoms with E-state index in [4.69, 9.17) is 5.11 Å². The minimum atomic E-state index is -1.13. The number of anilines is 1. The van der Waals surface area contributed by atoms with Gasteiger partial charge < -0.3 is 10.4 Å². The first-order valence-electron chi connectivity index (χ1n) is 6.58. The van der Waals surface area contributed by atoms with Gasteiger partial charge in [0.1, 0.15) is 5.92 Å². The third kappa shape index (κ3) is 2.77. The molecular weight excluding hydrogens is 246 g/mol. The van der Waals surface area contributed by atoms with Gasteiger partial charge in [-0.05, 0) is 26.7 Å². The molecule has 0 radical (unpaired) electrons. The van der Waals surface area contributed by atoms with Gasteiger partial charge in [0.2, 0.25) is 5.91 Å². The van der Waals surface area contributed by atoms with Crippen LogP contribution in [0.1, 0.15) is 44.3 Å². The molecule has 1 aromatic heterocycles. The lowest BCUT2D eigenvalue weighted by Gasteiger charge is -2.13. The van der Waals surface area contributed by atoms with Crippen LogP contribution in [0.4, 0.5) is 5.69 Å². The zero-order valence-electron chi connectivity index (χ0n) is 11.2. The Hall–Kier alpha value is -1.85. The summed E-state index contributed by atoms with van der Waals surface area (Å²) in [6.07, 6.45) is 6.24. The molecule has 1 fully saturated rings. The maximum Gasteiger partial charge on any atom is 0.315 e. The molecule has 1 heterocycles. The van der Waals surface area contributed by atoms with Gasteiger partial charge in [0, 0.05) is 0 Å². The molecule has 6 heteroatoms. The summed E-state index contributed by atoms with van der Waals surface area (Å²) in [4.78, 5) is 22.5. The van der Waals surface area contributed by atoms with Crippen molar-refractivity contribution in [3.63, 3.8) is 0 Å². The minimum absolute atomic E-state index is 0.405. The van der Waals surface area contributed by atoms with Gasteiger partial charge in [0.15, 0.2) is 0 Å². The van der Waals surface area contributed by atoms with Crippen LogP contribution < -0.4 is 5.32 Å². The maximum absolute atomic E-state index is 11.7. The van der Waals surface area contributed by atoms with Crippen LogP contribution in [0.5, 0.6) is 0 Å². The minimum Gasteiger partial charge on any atom is -0.481 e. The second kappa shape index (κ2) is 5.42. The van der Waals surface area contributed by atoms with Crippen molar-refractivity contribution in [1.29, 1.82) is 0 Å². The Morgan fingerprint density at radius 1 is 1.47 bits per heavy atom. The molecule has 2 N–H and O–H groups in total. The molecule has 0 saturated heterocycles. The van der Waals surface area contributed by atoms with Gasteiger partial charge in [-0.25, -0.2) is 0 Å². The molecule has 1 unspecified atom stereocenters. The van der Waals surface area contributed by atoms with E-state index in [9.17, 15) is 9.59 Å². The van der Waals surface area contributed by atoms with Crippen LogP contribution >= 0.6 is 0 Å². The summed E-state index contributed by atoms with van der Waals surface area (Å²) in [7, 11) is 0. The fourth-order valence-corrected chi connectivity index (χ4v) is 2.42. The molecule has 0 spiro atoms. The summed E-state index contributed by atoms with van der Waals surface area (Å²) in [6.45, 7) is 3.26. The normalized spacial score (nSPS) is 17.4. The molecule has 1 atom stereocenters. The van der Waals surface area contributed by atoms with E-state index in [0.29, 0.717) is 11.7 Å². The maximum atomic E-state index is 11.7. The number of nitrogens with one attached hydrogen (secondary N) is 1. The third-order valence-electron chi connectivity index (χ3n) is 3.74. The summed E-state index contributed by atoms with van der Waals surface area (Å²) < 4.78 is 1.94. The number of amides is 1. The highest BCUT2D eigenvalue weighted by Crippen LogP contribution is 2.31. The van der Waals surface area contributed by atoms with Gasteiger partial charge in [0.25, 0.3) is 0 Å². The topological polar surface area (TPSA) is 84.2 Å². The predicted molar refractivity (Wildman–Crippen MR) is 69.9 cm³/mol.